The van der Waals surface area contributed by atoms with Crippen LogP contribution in [0.5, 0.6) is 0 Å². The van der Waals surface area contributed by atoms with E-state index in [-0.39, 0.29) is 5.84 Å². The molecule has 100 valence electrons. The smallest absolute Gasteiger partial charge is 0.0923 e. The molecule has 1 aromatic carbocycles. The van der Waals surface area contributed by atoms with E-state index in [1.165, 1.54) is 0 Å². The summed E-state index contributed by atoms with van der Waals surface area (Å²) in [5.74, 6) is 0.226. The van der Waals surface area contributed by atoms with Gasteiger partial charge in [-0.3, -0.25) is 10.4 Å². The Balaban J connectivity index is 2.41. The topological polar surface area (TPSA) is 66.0 Å². The molecule has 2 aromatic rings. The lowest BCUT2D eigenvalue weighted by Crippen LogP contribution is -2.34. The number of pyridine rings is 1. The predicted molar refractivity (Wildman–Crippen MR) is 80.8 cm³/mol. The molecular weight excluding hydrogens is 236 g/mol. The minimum Gasteiger partial charge on any atom is -0.388 e. The number of nitrogens with two attached hydrogens (primary N) is 1. The lowest BCUT2D eigenvalue weighted by Gasteiger charge is -2.29. The van der Waals surface area contributed by atoms with Crippen LogP contribution in [0.3, 0.4) is 0 Å². The van der Waals surface area contributed by atoms with Gasteiger partial charge < -0.3 is 10.6 Å². The van der Waals surface area contributed by atoms with Crippen molar-refractivity contribution < 1.29 is 0 Å². The predicted octanol–water partition coefficient (Wildman–Crippen LogP) is 2.78. The molecule has 3 N–H and O–H groups in total. The van der Waals surface area contributed by atoms with E-state index >= 15 is 0 Å². The van der Waals surface area contributed by atoms with Gasteiger partial charge in [0, 0.05) is 36.3 Å². The van der Waals surface area contributed by atoms with Crippen LogP contribution in [0.25, 0.3) is 10.9 Å². The third-order valence-corrected chi connectivity index (χ3v) is 3.18. The second-order valence-electron chi connectivity index (χ2n) is 4.91. The zero-order valence-electron chi connectivity index (χ0n) is 11.4. The molecule has 0 aliphatic carbocycles. The number of fused-ring (bicyclic) bond motifs is 1. The normalized spacial score (nSPS) is 10.9. The third kappa shape index (κ3) is 3.02. The second-order valence-corrected chi connectivity index (χ2v) is 4.91. The van der Waals surface area contributed by atoms with Crippen molar-refractivity contribution in [2.24, 2.45) is 5.73 Å². The largest absolute Gasteiger partial charge is 0.388 e. The lowest BCUT2D eigenvalue weighted by molar-refractivity contribution is 0.691. The van der Waals surface area contributed by atoms with Crippen molar-refractivity contribution >= 4 is 22.4 Å². The molecule has 4 nitrogen and oxygen atoms in total. The standard InChI is InChI=1S/C15H20N4/c1-11(2)19(10-8-15(16)17)14-7-9-18-13-6-4-3-5-12(13)14/h3-7,9,11H,8,10H2,1-2H3,(H3,16,17). The Bertz CT molecular complexity index is 572. The van der Waals surface area contributed by atoms with Gasteiger partial charge in [0.25, 0.3) is 0 Å². The first-order valence-corrected chi connectivity index (χ1v) is 6.53. The summed E-state index contributed by atoms with van der Waals surface area (Å²) < 4.78 is 0. The van der Waals surface area contributed by atoms with Crippen molar-refractivity contribution in [3.05, 3.63) is 36.5 Å². The Labute approximate surface area is 113 Å². The van der Waals surface area contributed by atoms with Gasteiger partial charge in [0.05, 0.1) is 11.4 Å². The van der Waals surface area contributed by atoms with Crippen molar-refractivity contribution in [1.29, 1.82) is 5.41 Å². The summed E-state index contributed by atoms with van der Waals surface area (Å²) in [6.45, 7) is 5.05. The van der Waals surface area contributed by atoms with Crippen LogP contribution in [0.15, 0.2) is 36.5 Å². The maximum atomic E-state index is 7.39. The van der Waals surface area contributed by atoms with E-state index in [2.05, 4.69) is 29.8 Å². The van der Waals surface area contributed by atoms with E-state index in [0.717, 1.165) is 23.1 Å². The number of hydrogen-bond acceptors (Lipinski definition) is 3. The summed E-state index contributed by atoms with van der Waals surface area (Å²) in [7, 11) is 0. The summed E-state index contributed by atoms with van der Waals surface area (Å²) in [4.78, 5) is 6.65. The van der Waals surface area contributed by atoms with Gasteiger partial charge in [-0.05, 0) is 26.0 Å². The molecule has 0 aliphatic heterocycles. The summed E-state index contributed by atoms with van der Waals surface area (Å²) in [6, 6.07) is 10.5. The van der Waals surface area contributed by atoms with Gasteiger partial charge >= 0.3 is 0 Å². The van der Waals surface area contributed by atoms with Crippen LogP contribution in [0.4, 0.5) is 5.69 Å². The fraction of sp³-hybridized carbons (Fsp3) is 0.333. The first-order chi connectivity index (χ1) is 9.09. The van der Waals surface area contributed by atoms with Gasteiger partial charge in [0.15, 0.2) is 0 Å². The number of para-hydroxylation sites is 1. The fourth-order valence-electron chi connectivity index (χ4n) is 2.23. The van der Waals surface area contributed by atoms with Crippen molar-refractivity contribution in [3.8, 4) is 0 Å². The summed E-state index contributed by atoms with van der Waals surface area (Å²) in [5, 5.41) is 8.53. The van der Waals surface area contributed by atoms with E-state index in [9.17, 15) is 0 Å². The lowest BCUT2D eigenvalue weighted by atomic mass is 10.1. The number of hydrogen-bond donors (Lipinski definition) is 2. The number of rotatable bonds is 5. The fourth-order valence-corrected chi connectivity index (χ4v) is 2.23. The molecule has 0 radical (unpaired) electrons. The highest BCUT2D eigenvalue weighted by atomic mass is 15.2. The molecule has 4 heteroatoms. The Kier molecular flexibility index (Phi) is 4.00. The number of amidine groups is 1. The quantitative estimate of drug-likeness (QED) is 0.638. The molecule has 0 unspecified atom stereocenters. The molecule has 0 saturated carbocycles. The summed E-state index contributed by atoms with van der Waals surface area (Å²) in [6.07, 6.45) is 2.41. The van der Waals surface area contributed by atoms with Crippen molar-refractivity contribution in [1.82, 2.24) is 4.98 Å². The van der Waals surface area contributed by atoms with E-state index < -0.39 is 0 Å². The van der Waals surface area contributed by atoms with E-state index in [1.54, 1.807) is 0 Å². The number of benzene rings is 1. The maximum Gasteiger partial charge on any atom is 0.0923 e. The second kappa shape index (κ2) is 5.69. The average molecular weight is 256 g/mol. The monoisotopic (exact) mass is 256 g/mol. The van der Waals surface area contributed by atoms with Gasteiger partial charge in [-0.15, -0.1) is 0 Å². The highest BCUT2D eigenvalue weighted by Crippen LogP contribution is 2.26. The minimum atomic E-state index is 0.226. The van der Waals surface area contributed by atoms with E-state index in [1.807, 2.05) is 30.5 Å². The zero-order valence-corrected chi connectivity index (χ0v) is 11.4. The van der Waals surface area contributed by atoms with Crippen LogP contribution < -0.4 is 10.6 Å². The summed E-state index contributed by atoms with van der Waals surface area (Å²) >= 11 is 0. The van der Waals surface area contributed by atoms with Crippen LogP contribution in [0.2, 0.25) is 0 Å². The number of anilines is 1. The molecule has 0 bridgehead atoms. The molecule has 1 heterocycles. The van der Waals surface area contributed by atoms with Crippen LogP contribution in [-0.2, 0) is 0 Å². The van der Waals surface area contributed by atoms with Crippen LogP contribution in [0.1, 0.15) is 20.3 Å². The molecular formula is C15H20N4. The molecule has 0 amide bonds. The van der Waals surface area contributed by atoms with Crippen molar-refractivity contribution in [3.63, 3.8) is 0 Å². The van der Waals surface area contributed by atoms with Crippen molar-refractivity contribution in [2.75, 3.05) is 11.4 Å². The number of nitrogens with zero attached hydrogens (tertiary/aromatic N) is 2. The third-order valence-electron chi connectivity index (χ3n) is 3.18. The summed E-state index contributed by atoms with van der Waals surface area (Å²) in [5.41, 5.74) is 7.62. The molecule has 1 aromatic heterocycles. The molecule has 0 atom stereocenters. The maximum absolute atomic E-state index is 7.39. The number of aromatic nitrogens is 1. The molecule has 2 rings (SSSR count). The average Bonchev–Trinajstić information content (AvgIpc) is 2.38. The Morgan fingerprint density at radius 2 is 2.05 bits per heavy atom. The highest BCUT2D eigenvalue weighted by molar-refractivity contribution is 5.91. The number of nitrogens with one attached hydrogen (secondary N) is 1. The highest BCUT2D eigenvalue weighted by Gasteiger charge is 2.13. The Morgan fingerprint density at radius 1 is 1.32 bits per heavy atom. The molecule has 0 fully saturated rings. The van der Waals surface area contributed by atoms with Crippen LogP contribution in [-0.4, -0.2) is 23.4 Å². The first kappa shape index (κ1) is 13.3. The van der Waals surface area contributed by atoms with Gasteiger partial charge in [-0.2, -0.15) is 0 Å². The van der Waals surface area contributed by atoms with Gasteiger partial charge in [-0.25, -0.2) is 0 Å². The SMILES string of the molecule is CC(C)N(CCC(=N)N)c1ccnc2ccccc12. The Hall–Kier alpha value is -2.10. The van der Waals surface area contributed by atoms with Crippen molar-refractivity contribution in [2.45, 2.75) is 26.3 Å². The molecule has 0 spiro atoms. The molecule has 0 saturated heterocycles. The zero-order chi connectivity index (χ0) is 13.8. The van der Waals surface area contributed by atoms with Gasteiger partial charge in [0.1, 0.15) is 0 Å². The van der Waals surface area contributed by atoms with E-state index in [4.69, 9.17) is 11.1 Å². The minimum absolute atomic E-state index is 0.226. The molecule has 0 aliphatic rings. The van der Waals surface area contributed by atoms with Gasteiger partial charge in [-0.1, -0.05) is 18.2 Å². The van der Waals surface area contributed by atoms with Crippen LogP contribution >= 0.6 is 0 Å². The van der Waals surface area contributed by atoms with Crippen LogP contribution in [0, 0.1) is 5.41 Å². The first-order valence-electron chi connectivity index (χ1n) is 6.53. The van der Waals surface area contributed by atoms with Gasteiger partial charge in [0.2, 0.25) is 0 Å². The molecule has 19 heavy (non-hydrogen) atoms. The van der Waals surface area contributed by atoms with E-state index in [0.29, 0.717) is 12.5 Å². The Morgan fingerprint density at radius 3 is 2.74 bits per heavy atom.